The van der Waals surface area contributed by atoms with Crippen LogP contribution in [0.25, 0.3) is 0 Å². The standard InChI is InChI=1S/C29H49NO2/c1-22(2)29(31)32-21-23-13-17-27(18-14-23)30(26-11-7-4-8-12-26)28-19-15-25(16-20-28)24-9-5-3-6-10-24/h23-28H,1,3-21H2,2H3. The highest BCUT2D eigenvalue weighted by atomic mass is 16.5. The Hall–Kier alpha value is -0.830. The van der Waals surface area contributed by atoms with E-state index in [2.05, 4.69) is 11.5 Å². The fourth-order valence-electron chi connectivity index (χ4n) is 7.68. The Morgan fingerprint density at radius 1 is 0.688 bits per heavy atom. The molecule has 0 spiro atoms. The van der Waals surface area contributed by atoms with Crippen molar-refractivity contribution in [3.05, 3.63) is 12.2 Å². The summed E-state index contributed by atoms with van der Waals surface area (Å²) in [7, 11) is 0. The van der Waals surface area contributed by atoms with Crippen molar-refractivity contribution in [1.29, 1.82) is 0 Å². The van der Waals surface area contributed by atoms with Gasteiger partial charge in [0, 0.05) is 23.7 Å². The van der Waals surface area contributed by atoms with Crippen molar-refractivity contribution in [3.63, 3.8) is 0 Å². The fraction of sp³-hybridized carbons (Fsp3) is 0.897. The van der Waals surface area contributed by atoms with Crippen molar-refractivity contribution < 1.29 is 9.53 Å². The van der Waals surface area contributed by atoms with E-state index in [0.717, 1.165) is 30.0 Å². The van der Waals surface area contributed by atoms with Gasteiger partial charge in [-0.05, 0) is 88.9 Å². The average Bonchev–Trinajstić information content (AvgIpc) is 2.85. The molecule has 3 nitrogen and oxygen atoms in total. The molecule has 3 heteroatoms. The zero-order valence-electron chi connectivity index (χ0n) is 20.9. The lowest BCUT2D eigenvalue weighted by Gasteiger charge is -2.49. The van der Waals surface area contributed by atoms with Crippen LogP contribution in [0, 0.1) is 17.8 Å². The second-order valence-electron chi connectivity index (χ2n) is 11.8. The van der Waals surface area contributed by atoms with Crippen molar-refractivity contribution in [2.75, 3.05) is 6.61 Å². The molecule has 0 saturated heterocycles. The van der Waals surface area contributed by atoms with Gasteiger partial charge in [-0.25, -0.2) is 4.79 Å². The molecule has 0 aromatic carbocycles. The van der Waals surface area contributed by atoms with Crippen molar-refractivity contribution >= 4 is 5.97 Å². The number of carbonyl (C=O) groups is 1. The molecule has 182 valence electrons. The van der Waals surface area contributed by atoms with E-state index >= 15 is 0 Å². The van der Waals surface area contributed by atoms with Crippen LogP contribution in [0.1, 0.15) is 122 Å². The molecule has 32 heavy (non-hydrogen) atoms. The second kappa shape index (κ2) is 12.0. The van der Waals surface area contributed by atoms with E-state index in [9.17, 15) is 4.79 Å². The van der Waals surface area contributed by atoms with Crippen molar-refractivity contribution in [1.82, 2.24) is 4.90 Å². The summed E-state index contributed by atoms with van der Waals surface area (Å²) in [6.45, 7) is 6.04. The summed E-state index contributed by atoms with van der Waals surface area (Å²) < 4.78 is 5.49. The molecular formula is C29H49NO2. The summed E-state index contributed by atoms with van der Waals surface area (Å²) in [6, 6.07) is 2.44. The minimum atomic E-state index is -0.217. The van der Waals surface area contributed by atoms with Gasteiger partial charge in [-0.15, -0.1) is 0 Å². The maximum Gasteiger partial charge on any atom is 0.333 e. The van der Waals surface area contributed by atoms with Gasteiger partial charge in [0.25, 0.3) is 0 Å². The van der Waals surface area contributed by atoms with Crippen molar-refractivity contribution in [3.8, 4) is 0 Å². The highest BCUT2D eigenvalue weighted by Crippen LogP contribution is 2.42. The summed E-state index contributed by atoms with van der Waals surface area (Å²) >= 11 is 0. The van der Waals surface area contributed by atoms with Gasteiger partial charge in [-0.2, -0.15) is 0 Å². The van der Waals surface area contributed by atoms with E-state index in [-0.39, 0.29) is 5.97 Å². The predicted molar refractivity (Wildman–Crippen MR) is 133 cm³/mol. The minimum absolute atomic E-state index is 0.217. The first-order valence-corrected chi connectivity index (χ1v) is 14.2. The monoisotopic (exact) mass is 443 g/mol. The molecule has 4 fully saturated rings. The van der Waals surface area contributed by atoms with Gasteiger partial charge < -0.3 is 4.74 Å². The van der Waals surface area contributed by atoms with E-state index in [0.29, 0.717) is 18.1 Å². The Labute approximate surface area is 197 Å². The average molecular weight is 444 g/mol. The third kappa shape index (κ3) is 6.39. The molecule has 0 aromatic heterocycles. The smallest absolute Gasteiger partial charge is 0.333 e. The van der Waals surface area contributed by atoms with Gasteiger partial charge in [0.05, 0.1) is 6.61 Å². The maximum absolute atomic E-state index is 11.8. The Kier molecular flexibility index (Phi) is 9.14. The van der Waals surface area contributed by atoms with Crippen LogP contribution in [0.3, 0.4) is 0 Å². The van der Waals surface area contributed by atoms with E-state index < -0.39 is 0 Å². The van der Waals surface area contributed by atoms with Crippen LogP contribution in [0.5, 0.6) is 0 Å². The zero-order chi connectivity index (χ0) is 22.3. The summed E-state index contributed by atoms with van der Waals surface area (Å²) in [5.74, 6) is 2.40. The molecule has 0 atom stereocenters. The quantitative estimate of drug-likeness (QED) is 0.302. The lowest BCUT2D eigenvalue weighted by molar-refractivity contribution is -0.140. The first-order chi connectivity index (χ1) is 15.6. The molecule has 0 unspecified atom stereocenters. The van der Waals surface area contributed by atoms with E-state index in [1.54, 1.807) is 6.92 Å². The van der Waals surface area contributed by atoms with Gasteiger partial charge in [0.1, 0.15) is 0 Å². The molecule has 4 saturated carbocycles. The molecule has 4 rings (SSSR count). The summed E-state index contributed by atoms with van der Waals surface area (Å²) in [4.78, 5) is 14.9. The third-order valence-electron chi connectivity index (χ3n) is 9.51. The predicted octanol–water partition coefficient (Wildman–Crippen LogP) is 7.44. The van der Waals surface area contributed by atoms with Gasteiger partial charge in [-0.3, -0.25) is 4.90 Å². The Bertz CT molecular complexity index is 588. The first kappa shape index (κ1) is 24.3. The first-order valence-electron chi connectivity index (χ1n) is 14.2. The Balaban J connectivity index is 1.31. The number of carbonyl (C=O) groups excluding carboxylic acids is 1. The fourth-order valence-corrected chi connectivity index (χ4v) is 7.68. The minimum Gasteiger partial charge on any atom is -0.462 e. The van der Waals surface area contributed by atoms with Crippen LogP contribution in [0.2, 0.25) is 0 Å². The van der Waals surface area contributed by atoms with Crippen LogP contribution in [0.15, 0.2) is 12.2 Å². The van der Waals surface area contributed by atoms with Gasteiger partial charge in [-0.1, -0.05) is 57.9 Å². The highest BCUT2D eigenvalue weighted by Gasteiger charge is 2.38. The van der Waals surface area contributed by atoms with Crippen molar-refractivity contribution in [2.24, 2.45) is 17.8 Å². The normalized spacial score (nSPS) is 33.2. The summed E-state index contributed by atoms with van der Waals surface area (Å²) in [5.41, 5.74) is 0.519. The lowest BCUT2D eigenvalue weighted by atomic mass is 9.71. The van der Waals surface area contributed by atoms with Crippen LogP contribution < -0.4 is 0 Å². The number of hydrogen-bond donors (Lipinski definition) is 0. The largest absolute Gasteiger partial charge is 0.462 e. The maximum atomic E-state index is 11.8. The van der Waals surface area contributed by atoms with E-state index in [4.69, 9.17) is 4.74 Å². The van der Waals surface area contributed by atoms with Gasteiger partial charge >= 0.3 is 5.97 Å². The number of hydrogen-bond acceptors (Lipinski definition) is 3. The molecule has 4 aliphatic rings. The summed E-state index contributed by atoms with van der Waals surface area (Å²) in [6.07, 6.45) is 25.6. The number of rotatable bonds is 7. The molecular weight excluding hydrogens is 394 g/mol. The van der Waals surface area contributed by atoms with Crippen LogP contribution in [-0.4, -0.2) is 35.6 Å². The number of ether oxygens (including phenoxy) is 1. The van der Waals surface area contributed by atoms with Gasteiger partial charge in [0.15, 0.2) is 0 Å². The van der Waals surface area contributed by atoms with Crippen LogP contribution in [-0.2, 0) is 9.53 Å². The molecule has 0 amide bonds. The molecule has 0 bridgehead atoms. The van der Waals surface area contributed by atoms with Crippen LogP contribution in [0.4, 0.5) is 0 Å². The third-order valence-corrected chi connectivity index (χ3v) is 9.51. The molecule has 0 heterocycles. The van der Waals surface area contributed by atoms with E-state index in [1.165, 1.54) is 116 Å². The SMILES string of the molecule is C=C(C)C(=O)OCC1CCC(N(C2CCCCC2)C2CCC(C3CCCCC3)CC2)CC1. The molecule has 0 aliphatic heterocycles. The number of nitrogens with zero attached hydrogens (tertiary/aromatic N) is 1. The number of esters is 1. The summed E-state index contributed by atoms with van der Waals surface area (Å²) in [5, 5.41) is 0. The van der Waals surface area contributed by atoms with Gasteiger partial charge in [0.2, 0.25) is 0 Å². The second-order valence-corrected chi connectivity index (χ2v) is 11.8. The van der Waals surface area contributed by atoms with Crippen molar-refractivity contribution in [2.45, 2.75) is 141 Å². The zero-order valence-corrected chi connectivity index (χ0v) is 20.9. The molecule has 0 radical (unpaired) electrons. The molecule has 0 aromatic rings. The Morgan fingerprint density at radius 2 is 1.16 bits per heavy atom. The molecule has 0 N–H and O–H groups in total. The van der Waals surface area contributed by atoms with Crippen LogP contribution >= 0.6 is 0 Å². The Morgan fingerprint density at radius 3 is 1.72 bits per heavy atom. The highest BCUT2D eigenvalue weighted by molar-refractivity contribution is 5.86. The lowest BCUT2D eigenvalue weighted by Crippen LogP contribution is -2.52. The topological polar surface area (TPSA) is 29.5 Å². The molecule has 4 aliphatic carbocycles. The van der Waals surface area contributed by atoms with E-state index in [1.807, 2.05) is 0 Å².